The maximum atomic E-state index is 12.2. The Morgan fingerprint density at radius 1 is 1.44 bits per heavy atom. The molecule has 0 spiro atoms. The van der Waals surface area contributed by atoms with Crippen molar-refractivity contribution < 1.29 is 27.9 Å². The summed E-state index contributed by atoms with van der Waals surface area (Å²) in [6.45, 7) is -0.183. The monoisotopic (exact) mass is 375 g/mol. The molecule has 1 fully saturated rings. The minimum atomic E-state index is -3.02. The molecule has 0 aromatic heterocycles. The van der Waals surface area contributed by atoms with Crippen LogP contribution in [0.5, 0.6) is 5.75 Å². The lowest BCUT2D eigenvalue weighted by atomic mass is 9.99. The first-order valence-electron chi connectivity index (χ1n) is 7.34. The van der Waals surface area contributed by atoms with Crippen LogP contribution < -0.4 is 15.4 Å². The van der Waals surface area contributed by atoms with E-state index in [0.29, 0.717) is 6.42 Å². The molecule has 7 nitrogen and oxygen atoms in total. The van der Waals surface area contributed by atoms with Gasteiger partial charge in [0.25, 0.3) is 5.91 Å². The molecule has 2 rings (SSSR count). The number of ether oxygens (including phenoxy) is 1. The van der Waals surface area contributed by atoms with Gasteiger partial charge in [-0.3, -0.25) is 14.5 Å². The maximum Gasteiger partial charge on any atom is 0.387 e. The van der Waals surface area contributed by atoms with E-state index >= 15 is 0 Å². The van der Waals surface area contributed by atoms with E-state index in [1.54, 1.807) is 13.8 Å². The zero-order chi connectivity index (χ0) is 18.8. The number of anilines is 1. The summed E-state index contributed by atoms with van der Waals surface area (Å²) in [6.07, 6.45) is 0.386. The molecule has 10 heteroatoms. The molecule has 4 amide bonds. The number of amides is 4. The smallest absolute Gasteiger partial charge is 0.387 e. The van der Waals surface area contributed by atoms with E-state index < -0.39 is 36.5 Å². The lowest BCUT2D eigenvalue weighted by Gasteiger charge is -2.19. The van der Waals surface area contributed by atoms with Gasteiger partial charge in [0, 0.05) is 5.69 Å². The molecule has 1 aromatic rings. The predicted molar refractivity (Wildman–Crippen MR) is 85.7 cm³/mol. The molecule has 0 bridgehead atoms. The van der Waals surface area contributed by atoms with E-state index in [9.17, 15) is 23.2 Å². The molecule has 0 saturated carbocycles. The van der Waals surface area contributed by atoms with E-state index in [1.165, 1.54) is 18.2 Å². The molecule has 2 N–H and O–H groups in total. The molecule has 1 heterocycles. The molecule has 1 atom stereocenters. The second kappa shape index (κ2) is 7.22. The quantitative estimate of drug-likeness (QED) is 0.748. The van der Waals surface area contributed by atoms with Crippen LogP contribution in [0.1, 0.15) is 20.3 Å². The number of alkyl halides is 2. The van der Waals surface area contributed by atoms with Gasteiger partial charge >= 0.3 is 12.6 Å². The third kappa shape index (κ3) is 4.16. The first-order valence-corrected chi connectivity index (χ1v) is 7.72. The minimum absolute atomic E-state index is 0.119. The number of benzene rings is 1. The van der Waals surface area contributed by atoms with Crippen LogP contribution in [0.3, 0.4) is 0 Å². The molecular formula is C15H16ClF2N3O4. The molecule has 1 aliphatic heterocycles. The number of rotatable bonds is 6. The topological polar surface area (TPSA) is 87.7 Å². The van der Waals surface area contributed by atoms with Crippen LogP contribution in [0.4, 0.5) is 19.3 Å². The Kier molecular flexibility index (Phi) is 5.46. The van der Waals surface area contributed by atoms with Crippen LogP contribution >= 0.6 is 11.6 Å². The van der Waals surface area contributed by atoms with Crippen LogP contribution in [0, 0.1) is 0 Å². The third-order valence-corrected chi connectivity index (χ3v) is 4.08. The van der Waals surface area contributed by atoms with Crippen LogP contribution in [0.25, 0.3) is 0 Å². The zero-order valence-electron chi connectivity index (χ0n) is 13.4. The van der Waals surface area contributed by atoms with Gasteiger partial charge in [-0.05, 0) is 31.5 Å². The van der Waals surface area contributed by atoms with Gasteiger partial charge in [0.1, 0.15) is 17.8 Å². The van der Waals surface area contributed by atoms with Crippen molar-refractivity contribution in [2.24, 2.45) is 0 Å². The number of urea groups is 1. The maximum absolute atomic E-state index is 12.2. The summed E-state index contributed by atoms with van der Waals surface area (Å²) in [5, 5.41) is 4.85. The van der Waals surface area contributed by atoms with E-state index in [-0.39, 0.29) is 16.5 Å². The highest BCUT2D eigenvalue weighted by Crippen LogP contribution is 2.29. The molecule has 0 aliphatic carbocycles. The van der Waals surface area contributed by atoms with Gasteiger partial charge in [-0.15, -0.1) is 0 Å². The van der Waals surface area contributed by atoms with Gasteiger partial charge in [0.15, 0.2) is 0 Å². The molecular weight excluding hydrogens is 360 g/mol. The second-order valence-electron chi connectivity index (χ2n) is 5.58. The second-order valence-corrected chi connectivity index (χ2v) is 5.99. The SMILES string of the molecule is CC[C@]1(C)NC(=O)N(CC(=O)Nc2ccc(OC(F)F)c(Cl)c2)C1=O. The summed E-state index contributed by atoms with van der Waals surface area (Å²) in [7, 11) is 0. The number of nitrogens with one attached hydrogen (secondary N) is 2. The number of carbonyl (C=O) groups is 3. The molecule has 1 saturated heterocycles. The molecule has 1 aliphatic rings. The van der Waals surface area contributed by atoms with Crippen molar-refractivity contribution in [3.63, 3.8) is 0 Å². The number of hydrogen-bond donors (Lipinski definition) is 2. The van der Waals surface area contributed by atoms with E-state index in [1.807, 2.05) is 0 Å². The van der Waals surface area contributed by atoms with Gasteiger partial charge in [-0.25, -0.2) is 4.79 Å². The molecule has 25 heavy (non-hydrogen) atoms. The summed E-state index contributed by atoms with van der Waals surface area (Å²) < 4.78 is 28.5. The average Bonchev–Trinajstić information content (AvgIpc) is 2.74. The largest absolute Gasteiger partial charge is 0.433 e. The summed E-state index contributed by atoms with van der Waals surface area (Å²) in [5.74, 6) is -1.36. The Morgan fingerprint density at radius 3 is 2.64 bits per heavy atom. The lowest BCUT2D eigenvalue weighted by molar-refractivity contribution is -0.133. The average molecular weight is 376 g/mol. The van der Waals surface area contributed by atoms with Crippen molar-refractivity contribution in [1.29, 1.82) is 0 Å². The Balaban J connectivity index is 2.02. The standard InChI is InChI=1S/C15H16ClF2N3O4/c1-3-15(2)12(23)21(14(24)20-15)7-11(22)19-8-4-5-10(9(16)6-8)25-13(17)18/h4-6,13H,3,7H2,1-2H3,(H,19,22)(H,20,24)/t15-/m0/s1. The first-order chi connectivity index (χ1) is 11.7. The van der Waals surface area contributed by atoms with Crippen molar-refractivity contribution >= 4 is 35.1 Å². The fourth-order valence-corrected chi connectivity index (χ4v) is 2.47. The van der Waals surface area contributed by atoms with Crippen LogP contribution in [0.15, 0.2) is 18.2 Å². The highest BCUT2D eigenvalue weighted by Gasteiger charge is 2.46. The van der Waals surface area contributed by atoms with Gasteiger partial charge in [0.2, 0.25) is 5.91 Å². The molecule has 136 valence electrons. The Labute approximate surface area is 147 Å². The Morgan fingerprint density at radius 2 is 2.12 bits per heavy atom. The van der Waals surface area contributed by atoms with Crippen molar-refractivity contribution in [3.8, 4) is 5.75 Å². The van der Waals surface area contributed by atoms with Crippen molar-refractivity contribution in [2.75, 3.05) is 11.9 Å². The predicted octanol–water partition coefficient (Wildman–Crippen LogP) is 2.60. The normalized spacial score (nSPS) is 20.0. The Bertz CT molecular complexity index is 716. The van der Waals surface area contributed by atoms with Gasteiger partial charge in [-0.2, -0.15) is 8.78 Å². The fraction of sp³-hybridized carbons (Fsp3) is 0.400. The van der Waals surface area contributed by atoms with Crippen molar-refractivity contribution in [3.05, 3.63) is 23.2 Å². The Hall–Kier alpha value is -2.42. The van der Waals surface area contributed by atoms with Gasteiger partial charge in [-0.1, -0.05) is 18.5 Å². The van der Waals surface area contributed by atoms with Crippen LogP contribution in [-0.4, -0.2) is 41.4 Å². The highest BCUT2D eigenvalue weighted by atomic mass is 35.5. The van der Waals surface area contributed by atoms with E-state index in [4.69, 9.17) is 11.6 Å². The number of carbonyl (C=O) groups excluding carboxylic acids is 3. The summed E-state index contributed by atoms with van der Waals surface area (Å²) in [5.41, 5.74) is -0.823. The third-order valence-electron chi connectivity index (χ3n) is 3.79. The number of halogens is 3. The van der Waals surface area contributed by atoms with Crippen molar-refractivity contribution in [2.45, 2.75) is 32.4 Å². The van der Waals surface area contributed by atoms with Crippen LogP contribution in [-0.2, 0) is 9.59 Å². The highest BCUT2D eigenvalue weighted by molar-refractivity contribution is 6.32. The number of nitrogens with zero attached hydrogens (tertiary/aromatic N) is 1. The van der Waals surface area contributed by atoms with Gasteiger partial charge in [0.05, 0.1) is 5.02 Å². The molecule has 0 radical (unpaired) electrons. The summed E-state index contributed by atoms with van der Waals surface area (Å²) in [4.78, 5) is 36.9. The van der Waals surface area contributed by atoms with E-state index in [0.717, 1.165) is 4.90 Å². The van der Waals surface area contributed by atoms with Crippen molar-refractivity contribution in [1.82, 2.24) is 10.2 Å². The zero-order valence-corrected chi connectivity index (χ0v) is 14.2. The van der Waals surface area contributed by atoms with Crippen LogP contribution in [0.2, 0.25) is 5.02 Å². The molecule has 0 unspecified atom stereocenters. The van der Waals surface area contributed by atoms with Gasteiger partial charge < -0.3 is 15.4 Å². The number of imide groups is 1. The minimum Gasteiger partial charge on any atom is -0.433 e. The molecule has 1 aromatic carbocycles. The summed E-state index contributed by atoms with van der Waals surface area (Å²) >= 11 is 5.79. The fourth-order valence-electron chi connectivity index (χ4n) is 2.24. The summed E-state index contributed by atoms with van der Waals surface area (Å²) in [6, 6.07) is 3.05. The van der Waals surface area contributed by atoms with E-state index in [2.05, 4.69) is 15.4 Å². The lowest BCUT2D eigenvalue weighted by Crippen LogP contribution is -2.44. The first kappa shape index (κ1) is 18.9. The number of hydrogen-bond acceptors (Lipinski definition) is 4.